The molecule has 110 valence electrons. The molecular formula is C10H11N7O4. The first-order chi connectivity index (χ1) is 10.1. The second kappa shape index (κ2) is 5.90. The summed E-state index contributed by atoms with van der Waals surface area (Å²) in [4.78, 5) is 33.2. The fraction of sp³-hybridized carbons (Fsp3) is 0.300. The molecule has 2 rings (SSSR count). The van der Waals surface area contributed by atoms with E-state index in [4.69, 9.17) is 0 Å². The van der Waals surface area contributed by atoms with E-state index in [2.05, 4.69) is 30.1 Å². The average molecular weight is 293 g/mol. The molecule has 0 aliphatic rings. The average Bonchev–Trinajstić information content (AvgIpc) is 2.96. The van der Waals surface area contributed by atoms with E-state index >= 15 is 0 Å². The van der Waals surface area contributed by atoms with Gasteiger partial charge in [-0.05, 0) is 6.92 Å². The van der Waals surface area contributed by atoms with Crippen LogP contribution in [0.5, 0.6) is 0 Å². The smallest absolute Gasteiger partial charge is 0.377 e. The van der Waals surface area contributed by atoms with Gasteiger partial charge in [-0.15, -0.1) is 5.10 Å². The maximum atomic E-state index is 11.3. The second-order valence-electron chi connectivity index (χ2n) is 3.69. The quantitative estimate of drug-likeness (QED) is 0.464. The van der Waals surface area contributed by atoms with E-state index in [1.807, 2.05) is 6.92 Å². The van der Waals surface area contributed by atoms with Crippen LogP contribution in [0.1, 0.15) is 17.5 Å². The summed E-state index contributed by atoms with van der Waals surface area (Å²) in [5.41, 5.74) is -0.363. The number of esters is 1. The summed E-state index contributed by atoms with van der Waals surface area (Å²) < 4.78 is 5.49. The number of hydrogen-bond donors (Lipinski definition) is 1. The number of ether oxygens (including phenoxy) is 1. The van der Waals surface area contributed by atoms with Crippen molar-refractivity contribution in [3.8, 4) is 5.82 Å². The Balaban J connectivity index is 2.49. The summed E-state index contributed by atoms with van der Waals surface area (Å²) in [5.74, 6) is -0.880. The molecule has 0 bridgehead atoms. The Morgan fingerprint density at radius 1 is 1.52 bits per heavy atom. The molecule has 0 aliphatic carbocycles. The lowest BCUT2D eigenvalue weighted by molar-refractivity contribution is -0.385. The van der Waals surface area contributed by atoms with Gasteiger partial charge in [0.2, 0.25) is 11.8 Å². The largest absolute Gasteiger partial charge is 0.463 e. The predicted molar refractivity (Wildman–Crippen MR) is 69.1 cm³/mol. The van der Waals surface area contributed by atoms with Crippen LogP contribution in [0.25, 0.3) is 5.82 Å². The summed E-state index contributed by atoms with van der Waals surface area (Å²) in [6.07, 6.45) is 2.19. The maximum Gasteiger partial charge on any atom is 0.377 e. The zero-order valence-electron chi connectivity index (χ0n) is 11.2. The highest BCUT2D eigenvalue weighted by atomic mass is 16.6. The van der Waals surface area contributed by atoms with Gasteiger partial charge < -0.3 is 10.1 Å². The van der Waals surface area contributed by atoms with Crippen LogP contribution in [0.15, 0.2) is 12.5 Å². The summed E-state index contributed by atoms with van der Waals surface area (Å²) in [5, 5.41) is 17.6. The fourth-order valence-corrected chi connectivity index (χ4v) is 1.46. The van der Waals surface area contributed by atoms with E-state index in [0.29, 0.717) is 6.54 Å². The lowest BCUT2D eigenvalue weighted by Crippen LogP contribution is -2.10. The molecule has 2 heterocycles. The number of aromatic nitrogens is 5. The van der Waals surface area contributed by atoms with Crippen molar-refractivity contribution in [2.24, 2.45) is 0 Å². The number of carbonyl (C=O) groups excluding carboxylic acids is 1. The highest BCUT2D eigenvalue weighted by Crippen LogP contribution is 2.20. The molecule has 2 aromatic heterocycles. The third-order valence-electron chi connectivity index (χ3n) is 2.36. The number of rotatable bonds is 5. The second-order valence-corrected chi connectivity index (χ2v) is 3.69. The SMILES string of the molecule is CCNc1ncc([N+](=O)[O-])c(-n2cnc(C(=O)OC)n2)n1. The molecule has 0 spiro atoms. The number of nitrogens with zero attached hydrogens (tertiary/aromatic N) is 6. The van der Waals surface area contributed by atoms with Gasteiger partial charge in [-0.2, -0.15) is 9.67 Å². The molecule has 0 radical (unpaired) electrons. The Kier molecular flexibility index (Phi) is 4.02. The van der Waals surface area contributed by atoms with Gasteiger partial charge in [0.05, 0.1) is 12.0 Å². The molecule has 0 saturated heterocycles. The van der Waals surface area contributed by atoms with E-state index in [0.717, 1.165) is 17.2 Å². The monoisotopic (exact) mass is 293 g/mol. The third kappa shape index (κ3) is 2.91. The number of nitro groups is 1. The number of methoxy groups -OCH3 is 1. The summed E-state index contributed by atoms with van der Waals surface area (Å²) in [6, 6.07) is 0. The molecule has 0 unspecified atom stereocenters. The van der Waals surface area contributed by atoms with Crippen LogP contribution >= 0.6 is 0 Å². The van der Waals surface area contributed by atoms with Crippen molar-refractivity contribution in [3.63, 3.8) is 0 Å². The zero-order valence-corrected chi connectivity index (χ0v) is 11.2. The highest BCUT2D eigenvalue weighted by molar-refractivity contribution is 5.84. The molecule has 11 nitrogen and oxygen atoms in total. The van der Waals surface area contributed by atoms with Crippen LogP contribution in [0.4, 0.5) is 11.6 Å². The van der Waals surface area contributed by atoms with E-state index < -0.39 is 10.9 Å². The predicted octanol–water partition coefficient (Wildman–Crippen LogP) is 0.184. The van der Waals surface area contributed by atoms with Crippen molar-refractivity contribution in [2.45, 2.75) is 6.92 Å². The van der Waals surface area contributed by atoms with E-state index in [1.165, 1.54) is 7.11 Å². The van der Waals surface area contributed by atoms with Crippen molar-refractivity contribution >= 4 is 17.6 Å². The number of carbonyl (C=O) groups is 1. The minimum Gasteiger partial charge on any atom is -0.463 e. The summed E-state index contributed by atoms with van der Waals surface area (Å²) >= 11 is 0. The highest BCUT2D eigenvalue weighted by Gasteiger charge is 2.22. The topological polar surface area (TPSA) is 138 Å². The fourth-order valence-electron chi connectivity index (χ4n) is 1.46. The molecule has 0 amide bonds. The van der Waals surface area contributed by atoms with Crippen molar-refractivity contribution in [1.29, 1.82) is 0 Å². The van der Waals surface area contributed by atoms with E-state index in [1.54, 1.807) is 0 Å². The lowest BCUT2D eigenvalue weighted by atomic mass is 10.5. The molecule has 11 heteroatoms. The molecule has 0 aromatic carbocycles. The van der Waals surface area contributed by atoms with Gasteiger partial charge in [0.1, 0.15) is 12.5 Å². The molecule has 0 aliphatic heterocycles. The van der Waals surface area contributed by atoms with Gasteiger partial charge in [-0.1, -0.05) is 0 Å². The summed E-state index contributed by atoms with van der Waals surface area (Å²) in [6.45, 7) is 2.37. The van der Waals surface area contributed by atoms with E-state index in [-0.39, 0.29) is 23.3 Å². The van der Waals surface area contributed by atoms with Crippen LogP contribution in [-0.2, 0) is 4.74 Å². The molecule has 0 atom stereocenters. The zero-order chi connectivity index (χ0) is 15.4. The number of anilines is 1. The number of nitrogens with one attached hydrogen (secondary N) is 1. The first kappa shape index (κ1) is 14.3. The molecular weight excluding hydrogens is 282 g/mol. The van der Waals surface area contributed by atoms with Gasteiger partial charge in [0.25, 0.3) is 5.82 Å². The Bertz CT molecular complexity index is 684. The minimum atomic E-state index is -0.752. The third-order valence-corrected chi connectivity index (χ3v) is 2.36. The van der Waals surface area contributed by atoms with Crippen LogP contribution in [-0.4, -0.2) is 49.3 Å². The lowest BCUT2D eigenvalue weighted by Gasteiger charge is -2.04. The Morgan fingerprint density at radius 2 is 2.29 bits per heavy atom. The van der Waals surface area contributed by atoms with Gasteiger partial charge in [-0.25, -0.2) is 14.8 Å². The van der Waals surface area contributed by atoms with Crippen molar-refractivity contribution in [2.75, 3.05) is 19.0 Å². The van der Waals surface area contributed by atoms with Crippen LogP contribution in [0, 0.1) is 10.1 Å². The first-order valence-electron chi connectivity index (χ1n) is 5.82. The van der Waals surface area contributed by atoms with Crippen LogP contribution < -0.4 is 5.32 Å². The minimum absolute atomic E-state index is 0.103. The Hall–Kier alpha value is -3.11. The van der Waals surface area contributed by atoms with Crippen molar-refractivity contribution in [1.82, 2.24) is 24.7 Å². The van der Waals surface area contributed by atoms with Crippen molar-refractivity contribution < 1.29 is 14.5 Å². The van der Waals surface area contributed by atoms with Gasteiger partial charge in [0, 0.05) is 6.54 Å². The molecule has 0 fully saturated rings. The van der Waals surface area contributed by atoms with Gasteiger partial charge in [-0.3, -0.25) is 10.1 Å². The normalized spacial score (nSPS) is 10.2. The first-order valence-corrected chi connectivity index (χ1v) is 5.82. The summed E-state index contributed by atoms with van der Waals surface area (Å²) in [7, 11) is 1.18. The van der Waals surface area contributed by atoms with Gasteiger partial charge >= 0.3 is 11.7 Å². The molecule has 1 N–H and O–H groups in total. The Labute approximate surface area is 118 Å². The molecule has 0 saturated carbocycles. The van der Waals surface area contributed by atoms with Gasteiger partial charge in [0.15, 0.2) is 0 Å². The molecule has 2 aromatic rings. The van der Waals surface area contributed by atoms with E-state index in [9.17, 15) is 14.9 Å². The van der Waals surface area contributed by atoms with Crippen LogP contribution in [0.3, 0.4) is 0 Å². The Morgan fingerprint density at radius 3 is 2.90 bits per heavy atom. The number of hydrogen-bond acceptors (Lipinski definition) is 9. The maximum absolute atomic E-state index is 11.3. The standard InChI is InChI=1S/C10H11N7O4/c1-3-11-10-12-4-6(17(19)20)8(14-10)16-5-13-7(15-16)9(18)21-2/h4-5H,3H2,1-2H3,(H,11,12,14). The van der Waals surface area contributed by atoms with Crippen molar-refractivity contribution in [3.05, 3.63) is 28.5 Å². The molecule has 21 heavy (non-hydrogen) atoms. The van der Waals surface area contributed by atoms with Crippen LogP contribution in [0.2, 0.25) is 0 Å².